The minimum Gasteiger partial charge on any atom is -0.352 e. The van der Waals surface area contributed by atoms with Crippen LogP contribution in [0.25, 0.3) is 0 Å². The monoisotopic (exact) mass is 620 g/mol. The van der Waals surface area contributed by atoms with E-state index in [-0.39, 0.29) is 29.8 Å². The first-order valence-corrected chi connectivity index (χ1v) is 16.3. The SMILES string of the molecule is O=C(NCC[C@@H]1CCN(CC(c2ccccc2)c2ccccc2)C(=O)[C@H](CCN2CCCCC2)N1)c1ccc(Cl)c(Cl)c1. The van der Waals surface area contributed by atoms with Gasteiger partial charge >= 0.3 is 0 Å². The summed E-state index contributed by atoms with van der Waals surface area (Å²) in [7, 11) is 0. The van der Waals surface area contributed by atoms with Crippen molar-refractivity contribution >= 4 is 35.0 Å². The molecular weight excluding hydrogens is 579 g/mol. The predicted molar refractivity (Wildman–Crippen MR) is 175 cm³/mol. The Labute approximate surface area is 265 Å². The highest BCUT2D eigenvalue weighted by Gasteiger charge is 2.33. The van der Waals surface area contributed by atoms with Gasteiger partial charge in [-0.1, -0.05) is 90.3 Å². The number of amides is 2. The average molecular weight is 622 g/mol. The van der Waals surface area contributed by atoms with E-state index in [1.807, 2.05) is 12.1 Å². The summed E-state index contributed by atoms with van der Waals surface area (Å²) in [6, 6.07) is 25.7. The Morgan fingerprint density at radius 2 is 1.53 bits per heavy atom. The second-order valence-electron chi connectivity index (χ2n) is 11.7. The smallest absolute Gasteiger partial charge is 0.251 e. The molecule has 2 heterocycles. The molecule has 2 aliphatic heterocycles. The summed E-state index contributed by atoms with van der Waals surface area (Å²) in [5, 5.41) is 7.52. The second kappa shape index (κ2) is 15.7. The Morgan fingerprint density at radius 3 is 2.19 bits per heavy atom. The van der Waals surface area contributed by atoms with Crippen molar-refractivity contribution in [1.82, 2.24) is 20.4 Å². The summed E-state index contributed by atoms with van der Waals surface area (Å²) in [4.78, 5) is 31.5. The van der Waals surface area contributed by atoms with Crippen LogP contribution in [0, 0.1) is 0 Å². The first-order chi connectivity index (χ1) is 21.0. The summed E-state index contributed by atoms with van der Waals surface area (Å²) < 4.78 is 0. The van der Waals surface area contributed by atoms with Gasteiger partial charge in [-0.2, -0.15) is 0 Å². The number of halogens is 2. The van der Waals surface area contributed by atoms with E-state index in [9.17, 15) is 9.59 Å². The Bertz CT molecular complexity index is 1290. The average Bonchev–Trinajstić information content (AvgIpc) is 3.19. The highest BCUT2D eigenvalue weighted by molar-refractivity contribution is 6.42. The fraction of sp³-hybridized carbons (Fsp3) is 0.429. The van der Waals surface area contributed by atoms with Crippen LogP contribution in [0.2, 0.25) is 10.0 Å². The Hall–Kier alpha value is -2.90. The molecule has 6 nitrogen and oxygen atoms in total. The van der Waals surface area contributed by atoms with E-state index in [2.05, 4.69) is 69.0 Å². The molecule has 3 aromatic carbocycles. The number of nitrogens with one attached hydrogen (secondary N) is 2. The molecular formula is C35H42Cl2N4O2. The van der Waals surface area contributed by atoms with Crippen LogP contribution in [0.3, 0.4) is 0 Å². The summed E-state index contributed by atoms with van der Waals surface area (Å²) in [6.07, 6.45) is 6.09. The number of carbonyl (C=O) groups is 2. The largest absolute Gasteiger partial charge is 0.352 e. The Kier molecular flexibility index (Phi) is 11.5. The van der Waals surface area contributed by atoms with Gasteiger partial charge in [-0.25, -0.2) is 0 Å². The molecule has 0 aromatic heterocycles. The van der Waals surface area contributed by atoms with Crippen LogP contribution in [0.5, 0.6) is 0 Å². The molecule has 0 radical (unpaired) electrons. The van der Waals surface area contributed by atoms with Crippen LogP contribution in [-0.4, -0.2) is 73.0 Å². The van der Waals surface area contributed by atoms with Crippen molar-refractivity contribution < 1.29 is 9.59 Å². The summed E-state index contributed by atoms with van der Waals surface area (Å²) >= 11 is 12.1. The summed E-state index contributed by atoms with van der Waals surface area (Å²) in [5.74, 6) is 0.0902. The van der Waals surface area contributed by atoms with Gasteiger partial charge < -0.3 is 20.4 Å². The highest BCUT2D eigenvalue weighted by Crippen LogP contribution is 2.27. The van der Waals surface area contributed by atoms with Crippen LogP contribution >= 0.6 is 23.2 Å². The van der Waals surface area contributed by atoms with Crippen molar-refractivity contribution in [3.63, 3.8) is 0 Å². The molecule has 2 amide bonds. The van der Waals surface area contributed by atoms with Gasteiger partial charge in [0, 0.05) is 43.7 Å². The molecule has 2 atom stereocenters. The van der Waals surface area contributed by atoms with Crippen LogP contribution < -0.4 is 10.6 Å². The van der Waals surface area contributed by atoms with E-state index in [1.165, 1.54) is 30.4 Å². The minimum atomic E-state index is -0.257. The fourth-order valence-electron chi connectivity index (χ4n) is 6.29. The van der Waals surface area contributed by atoms with Crippen LogP contribution in [0.4, 0.5) is 0 Å². The van der Waals surface area contributed by atoms with Crippen molar-refractivity contribution in [2.45, 2.75) is 56.5 Å². The summed E-state index contributed by atoms with van der Waals surface area (Å²) in [5.41, 5.74) is 2.91. The van der Waals surface area contributed by atoms with Crippen molar-refractivity contribution in [2.24, 2.45) is 0 Å². The molecule has 228 valence electrons. The third-order valence-electron chi connectivity index (χ3n) is 8.74. The first kappa shape index (κ1) is 31.5. The van der Waals surface area contributed by atoms with E-state index < -0.39 is 0 Å². The normalized spacial score (nSPS) is 19.8. The Balaban J connectivity index is 1.28. The summed E-state index contributed by atoms with van der Waals surface area (Å²) in [6.45, 7) is 4.94. The lowest BCUT2D eigenvalue weighted by molar-refractivity contribution is -0.133. The maximum absolute atomic E-state index is 14.1. The molecule has 2 fully saturated rings. The van der Waals surface area contributed by atoms with Gasteiger partial charge in [0.05, 0.1) is 16.1 Å². The molecule has 43 heavy (non-hydrogen) atoms. The predicted octanol–water partition coefficient (Wildman–Crippen LogP) is 6.38. The zero-order valence-electron chi connectivity index (χ0n) is 24.7. The van der Waals surface area contributed by atoms with Crippen molar-refractivity contribution in [3.8, 4) is 0 Å². The molecule has 8 heteroatoms. The van der Waals surface area contributed by atoms with Crippen LogP contribution in [0.1, 0.15) is 65.9 Å². The molecule has 2 saturated heterocycles. The number of hydrogen-bond donors (Lipinski definition) is 2. The van der Waals surface area contributed by atoms with E-state index in [4.69, 9.17) is 23.2 Å². The van der Waals surface area contributed by atoms with Crippen LogP contribution in [-0.2, 0) is 4.79 Å². The Morgan fingerprint density at radius 1 is 0.860 bits per heavy atom. The molecule has 2 N–H and O–H groups in total. The molecule has 0 unspecified atom stereocenters. The molecule has 0 aliphatic carbocycles. The van der Waals surface area contributed by atoms with Crippen molar-refractivity contribution in [1.29, 1.82) is 0 Å². The van der Waals surface area contributed by atoms with Gasteiger partial charge in [0.15, 0.2) is 0 Å². The topological polar surface area (TPSA) is 64.7 Å². The molecule has 0 saturated carbocycles. The number of likely N-dealkylation sites (tertiary alicyclic amines) is 1. The van der Waals surface area contributed by atoms with E-state index in [0.717, 1.165) is 38.9 Å². The standard InChI is InChI=1S/C35H42Cl2N4O2/c36-31-15-14-28(24-32(31)37)34(42)38-19-16-29-17-23-41(35(43)33(39-29)18-22-40-20-8-3-9-21-40)25-30(26-10-4-1-5-11-26)27-12-6-2-7-13-27/h1-2,4-7,10-15,24,29-30,33,39H,3,8-9,16-23,25H2,(H,38,42)/t29-,33+/m1/s1. The van der Waals surface area contributed by atoms with E-state index in [0.29, 0.717) is 35.2 Å². The first-order valence-electron chi connectivity index (χ1n) is 15.6. The number of benzene rings is 3. The zero-order chi connectivity index (χ0) is 30.0. The zero-order valence-corrected chi connectivity index (χ0v) is 26.2. The lowest BCUT2D eigenvalue weighted by Crippen LogP contribution is -2.48. The molecule has 5 rings (SSSR count). The van der Waals surface area contributed by atoms with Gasteiger partial charge in [-0.05, 0) is 74.5 Å². The quantitative estimate of drug-likeness (QED) is 0.261. The third kappa shape index (κ3) is 8.82. The van der Waals surface area contributed by atoms with Gasteiger partial charge in [0.1, 0.15) is 0 Å². The number of hydrogen-bond acceptors (Lipinski definition) is 4. The fourth-order valence-corrected chi connectivity index (χ4v) is 6.58. The van der Waals surface area contributed by atoms with Crippen molar-refractivity contribution in [3.05, 3.63) is 106 Å². The van der Waals surface area contributed by atoms with Crippen molar-refractivity contribution in [2.75, 3.05) is 39.3 Å². The molecule has 0 bridgehead atoms. The molecule has 0 spiro atoms. The second-order valence-corrected chi connectivity index (χ2v) is 12.5. The number of piperidine rings is 1. The highest BCUT2D eigenvalue weighted by atomic mass is 35.5. The lowest BCUT2D eigenvalue weighted by Gasteiger charge is -2.31. The molecule has 2 aliphatic rings. The molecule has 3 aromatic rings. The van der Waals surface area contributed by atoms with Crippen LogP contribution in [0.15, 0.2) is 78.9 Å². The maximum Gasteiger partial charge on any atom is 0.251 e. The van der Waals surface area contributed by atoms with Gasteiger partial charge in [0.25, 0.3) is 5.91 Å². The van der Waals surface area contributed by atoms with Gasteiger partial charge in [0.2, 0.25) is 5.91 Å². The van der Waals surface area contributed by atoms with E-state index in [1.54, 1.807) is 18.2 Å². The van der Waals surface area contributed by atoms with E-state index >= 15 is 0 Å². The van der Waals surface area contributed by atoms with Gasteiger partial charge in [-0.3, -0.25) is 9.59 Å². The minimum absolute atomic E-state index is 0.0936. The lowest BCUT2D eigenvalue weighted by atomic mass is 9.90. The number of rotatable bonds is 11. The maximum atomic E-state index is 14.1. The third-order valence-corrected chi connectivity index (χ3v) is 9.48. The number of carbonyl (C=O) groups excluding carboxylic acids is 2. The number of nitrogens with zero attached hydrogens (tertiary/aromatic N) is 2. The van der Waals surface area contributed by atoms with Gasteiger partial charge in [-0.15, -0.1) is 0 Å².